The Balaban J connectivity index is -0.000000107. The summed E-state index contributed by atoms with van der Waals surface area (Å²) in [5.41, 5.74) is 0. The quantitative estimate of drug-likeness (QED) is 0.346. The van der Waals surface area contributed by atoms with Crippen LogP contribution in [-0.2, 0) is 13.4 Å². The average Bonchev–Trinajstić information content (AvgIpc) is 1.14. The summed E-state index contributed by atoms with van der Waals surface area (Å²) in [4.78, 5) is 31.0. The summed E-state index contributed by atoms with van der Waals surface area (Å²) < 4.78 is 22.2. The molecule has 0 amide bonds. The molecule has 4 N–H and O–H groups in total. The molecule has 0 saturated heterocycles. The van der Waals surface area contributed by atoms with Crippen LogP contribution in [0, 0.1) is 0 Å². The third-order valence-electron chi connectivity index (χ3n) is 0.213. The molecule has 0 bridgehead atoms. The van der Waals surface area contributed by atoms with Gasteiger partial charge in [-0.3, -0.25) is 0 Å². The SMILES string of the molecule is Cl.O=P(O)(O)OP(=O)(O)O.[NaH].[NaH]. The van der Waals surface area contributed by atoms with Gasteiger partial charge in [0, 0.05) is 0 Å². The fraction of sp³-hybridized carbons (Fsp3) is 0. The summed E-state index contributed by atoms with van der Waals surface area (Å²) in [5.74, 6) is 0. The second-order valence-electron chi connectivity index (χ2n) is 1.06. The first-order valence-electron chi connectivity index (χ1n) is 1.53. The van der Waals surface area contributed by atoms with Crippen molar-refractivity contribution in [3.05, 3.63) is 0 Å². The van der Waals surface area contributed by atoms with Gasteiger partial charge in [-0.1, -0.05) is 0 Å². The van der Waals surface area contributed by atoms with E-state index < -0.39 is 15.6 Å². The molecule has 0 aromatic rings. The third-order valence-corrected chi connectivity index (χ3v) is 1.91. The molecule has 0 spiro atoms. The molecule has 7 nitrogen and oxygen atoms in total. The summed E-state index contributed by atoms with van der Waals surface area (Å²) in [5, 5.41) is 0. The van der Waals surface area contributed by atoms with Crippen LogP contribution in [0.15, 0.2) is 0 Å². The van der Waals surface area contributed by atoms with Crippen molar-refractivity contribution in [1.29, 1.82) is 0 Å². The number of rotatable bonds is 2. The molecule has 0 aliphatic carbocycles. The minimum atomic E-state index is -5.05. The predicted octanol–water partition coefficient (Wildman–Crippen LogP) is -1.69. The molecule has 12 heteroatoms. The summed E-state index contributed by atoms with van der Waals surface area (Å²) in [7, 11) is -10.1. The van der Waals surface area contributed by atoms with Gasteiger partial charge in [0.1, 0.15) is 0 Å². The van der Waals surface area contributed by atoms with Crippen LogP contribution in [0.2, 0.25) is 0 Å². The van der Waals surface area contributed by atoms with E-state index in [1.165, 1.54) is 0 Å². The normalized spacial score (nSPS) is 10.3. The predicted molar refractivity (Wildman–Crippen MR) is 46.7 cm³/mol. The molecule has 0 aliphatic heterocycles. The van der Waals surface area contributed by atoms with Crippen LogP contribution in [0.25, 0.3) is 0 Å². The van der Waals surface area contributed by atoms with Gasteiger partial charge in [-0.2, -0.15) is 4.31 Å². The van der Waals surface area contributed by atoms with Crippen LogP contribution < -0.4 is 0 Å². The van der Waals surface area contributed by atoms with Crippen molar-refractivity contribution < 1.29 is 33.0 Å². The molecule has 12 heavy (non-hydrogen) atoms. The van der Waals surface area contributed by atoms with Gasteiger partial charge in [0.05, 0.1) is 0 Å². The Labute approximate surface area is 119 Å². The van der Waals surface area contributed by atoms with Gasteiger partial charge < -0.3 is 19.6 Å². The van der Waals surface area contributed by atoms with Crippen LogP contribution in [0.4, 0.5) is 0 Å². The first-order chi connectivity index (χ1) is 3.71. The molecular weight excluding hydrogens is 255 g/mol. The molecule has 0 atom stereocenters. The second-order valence-corrected chi connectivity index (χ2v) is 3.68. The van der Waals surface area contributed by atoms with Crippen molar-refractivity contribution in [1.82, 2.24) is 0 Å². The van der Waals surface area contributed by atoms with Crippen LogP contribution >= 0.6 is 28.1 Å². The van der Waals surface area contributed by atoms with Gasteiger partial charge in [-0.25, -0.2) is 9.13 Å². The third kappa shape index (κ3) is 22.9. The summed E-state index contributed by atoms with van der Waals surface area (Å²) in [6.07, 6.45) is 0. The van der Waals surface area contributed by atoms with E-state index in [-0.39, 0.29) is 71.5 Å². The van der Waals surface area contributed by atoms with Crippen LogP contribution in [0.5, 0.6) is 0 Å². The van der Waals surface area contributed by atoms with Crippen LogP contribution in [0.3, 0.4) is 0 Å². The zero-order chi connectivity index (χ0) is 7.71. The summed E-state index contributed by atoms with van der Waals surface area (Å²) in [6.45, 7) is 0. The standard InChI is InChI=1S/ClH.2Na.H4O7P2.2H/c;;;1-8(2,3)7-9(4,5)6;;/h1H;;;(H2,1,2,3)(H2,4,5,6);;. The zero-order valence-corrected chi connectivity index (χ0v) is 6.92. The first-order valence-corrected chi connectivity index (χ1v) is 4.59. The van der Waals surface area contributed by atoms with E-state index in [0.717, 1.165) is 0 Å². The number of phosphoric acid groups is 2. The molecule has 0 fully saturated rings. The van der Waals surface area contributed by atoms with E-state index in [9.17, 15) is 9.13 Å². The van der Waals surface area contributed by atoms with Crippen LogP contribution in [-0.4, -0.2) is 78.7 Å². The minimum absolute atomic E-state index is 0. The number of hydrogen-bond acceptors (Lipinski definition) is 3. The molecule has 0 unspecified atom stereocenters. The molecule has 0 heterocycles. The van der Waals surface area contributed by atoms with Gasteiger partial charge in [-0.05, 0) is 0 Å². The second kappa shape index (κ2) is 8.83. The maximum absolute atomic E-state index is 9.63. The van der Waals surface area contributed by atoms with Crippen molar-refractivity contribution in [2.24, 2.45) is 0 Å². The summed E-state index contributed by atoms with van der Waals surface area (Å²) in [6, 6.07) is 0. The first kappa shape index (κ1) is 24.0. The van der Waals surface area contributed by atoms with Crippen molar-refractivity contribution in [2.75, 3.05) is 0 Å². The van der Waals surface area contributed by atoms with Gasteiger partial charge in [-0.15, -0.1) is 12.4 Å². The average molecular weight is 262 g/mol. The van der Waals surface area contributed by atoms with E-state index in [1.54, 1.807) is 0 Å². The Morgan fingerprint density at radius 2 is 1.00 bits per heavy atom. The number of halogens is 1. The van der Waals surface area contributed by atoms with Gasteiger partial charge in [0.25, 0.3) is 0 Å². The van der Waals surface area contributed by atoms with Crippen LogP contribution in [0.1, 0.15) is 0 Å². The topological polar surface area (TPSA) is 124 Å². The molecule has 0 rings (SSSR count). The van der Waals surface area contributed by atoms with Crippen molar-refractivity contribution in [2.45, 2.75) is 0 Å². The maximum atomic E-state index is 9.63. The molecule has 0 aliphatic rings. The van der Waals surface area contributed by atoms with Crippen molar-refractivity contribution in [3.8, 4) is 0 Å². The fourth-order valence-electron chi connectivity index (χ4n) is 0.139. The van der Waals surface area contributed by atoms with E-state index >= 15 is 0 Å². The Kier molecular flexibility index (Phi) is 17.7. The Hall–Kier alpha value is 2.55. The molecular formula is H7ClNa2O7P2. The van der Waals surface area contributed by atoms with E-state index in [2.05, 4.69) is 4.31 Å². The van der Waals surface area contributed by atoms with Crippen molar-refractivity contribution >= 4 is 87.2 Å². The zero-order valence-electron chi connectivity index (χ0n) is 4.32. The van der Waals surface area contributed by atoms with E-state index in [0.29, 0.717) is 0 Å². The Bertz CT molecular complexity index is 160. The molecule has 0 aromatic heterocycles. The Morgan fingerprint density at radius 1 is 0.833 bits per heavy atom. The van der Waals surface area contributed by atoms with E-state index in [4.69, 9.17) is 19.6 Å². The molecule has 0 saturated carbocycles. The molecule has 68 valence electrons. The fourth-order valence-corrected chi connectivity index (χ4v) is 1.25. The Morgan fingerprint density at radius 3 is 1.00 bits per heavy atom. The number of hydrogen-bond donors (Lipinski definition) is 4. The van der Waals surface area contributed by atoms with Gasteiger partial charge in [0.2, 0.25) is 0 Å². The molecule has 0 radical (unpaired) electrons. The van der Waals surface area contributed by atoms with Gasteiger partial charge >= 0.3 is 74.8 Å². The van der Waals surface area contributed by atoms with Gasteiger partial charge in [0.15, 0.2) is 0 Å². The monoisotopic (exact) mass is 262 g/mol. The van der Waals surface area contributed by atoms with Crippen molar-refractivity contribution in [3.63, 3.8) is 0 Å². The summed E-state index contributed by atoms with van der Waals surface area (Å²) >= 11 is 0. The van der Waals surface area contributed by atoms with E-state index in [1.807, 2.05) is 0 Å². The molecule has 0 aromatic carbocycles.